The minimum atomic E-state index is 0.206. The molecule has 0 aromatic heterocycles. The van der Waals surface area contributed by atoms with E-state index in [2.05, 4.69) is 38.3 Å². The van der Waals surface area contributed by atoms with Gasteiger partial charge in [0.25, 0.3) is 0 Å². The molecule has 0 rings (SSSR count). The standard InChI is InChI=1S/C14H30N2O/c1-5-8-9-13(6-2)10-14(17)16-11-12(4)15-7-3/h12-13,15H,5-11H2,1-4H3,(H,16,17)/t12-,13?/m1/s1. The highest BCUT2D eigenvalue weighted by atomic mass is 16.1. The predicted molar refractivity (Wildman–Crippen MR) is 74.1 cm³/mol. The molecule has 2 atom stereocenters. The average Bonchev–Trinajstić information content (AvgIpc) is 2.32. The van der Waals surface area contributed by atoms with Gasteiger partial charge in [-0.25, -0.2) is 0 Å². The zero-order valence-electron chi connectivity index (χ0n) is 12.0. The molecule has 102 valence electrons. The molecule has 1 amide bonds. The molecule has 0 aromatic rings. The van der Waals surface area contributed by atoms with Crippen LogP contribution < -0.4 is 10.6 Å². The topological polar surface area (TPSA) is 41.1 Å². The molecule has 0 radical (unpaired) electrons. The molecule has 0 saturated carbocycles. The zero-order valence-corrected chi connectivity index (χ0v) is 12.0. The summed E-state index contributed by atoms with van der Waals surface area (Å²) in [6, 6.07) is 0.361. The molecule has 0 aliphatic heterocycles. The van der Waals surface area contributed by atoms with E-state index in [0.717, 1.165) is 19.5 Å². The van der Waals surface area contributed by atoms with Gasteiger partial charge in [-0.1, -0.05) is 40.0 Å². The van der Waals surface area contributed by atoms with Crippen LogP contribution >= 0.6 is 0 Å². The Morgan fingerprint density at radius 3 is 2.47 bits per heavy atom. The van der Waals surface area contributed by atoms with Gasteiger partial charge in [0.15, 0.2) is 0 Å². The third-order valence-electron chi connectivity index (χ3n) is 3.18. The van der Waals surface area contributed by atoms with Crippen molar-refractivity contribution in [2.24, 2.45) is 5.92 Å². The number of unbranched alkanes of at least 4 members (excludes halogenated alkanes) is 1. The molecule has 2 N–H and O–H groups in total. The molecule has 17 heavy (non-hydrogen) atoms. The van der Waals surface area contributed by atoms with Gasteiger partial charge in [0.2, 0.25) is 5.91 Å². The van der Waals surface area contributed by atoms with E-state index in [1.165, 1.54) is 19.3 Å². The first-order valence-corrected chi connectivity index (χ1v) is 7.14. The average molecular weight is 242 g/mol. The van der Waals surface area contributed by atoms with Crippen molar-refractivity contribution in [3.05, 3.63) is 0 Å². The van der Waals surface area contributed by atoms with Gasteiger partial charge in [-0.3, -0.25) is 4.79 Å². The largest absolute Gasteiger partial charge is 0.355 e. The van der Waals surface area contributed by atoms with Gasteiger partial charge in [-0.15, -0.1) is 0 Å². The quantitative estimate of drug-likeness (QED) is 0.618. The summed E-state index contributed by atoms with van der Waals surface area (Å²) >= 11 is 0. The summed E-state index contributed by atoms with van der Waals surface area (Å²) in [5.41, 5.74) is 0. The Bertz CT molecular complexity index is 195. The number of amides is 1. The Balaban J connectivity index is 3.74. The summed E-state index contributed by atoms with van der Waals surface area (Å²) < 4.78 is 0. The van der Waals surface area contributed by atoms with Crippen molar-refractivity contribution in [1.82, 2.24) is 10.6 Å². The number of nitrogens with one attached hydrogen (secondary N) is 2. The molecule has 0 aliphatic rings. The second-order valence-electron chi connectivity index (χ2n) is 4.88. The molecular formula is C14H30N2O. The second kappa shape index (κ2) is 10.6. The number of carbonyl (C=O) groups excluding carboxylic acids is 1. The van der Waals surface area contributed by atoms with E-state index >= 15 is 0 Å². The Morgan fingerprint density at radius 2 is 1.94 bits per heavy atom. The number of rotatable bonds is 10. The van der Waals surface area contributed by atoms with Gasteiger partial charge < -0.3 is 10.6 Å². The smallest absolute Gasteiger partial charge is 0.220 e. The van der Waals surface area contributed by atoms with E-state index in [-0.39, 0.29) is 5.91 Å². The Kier molecular flexibility index (Phi) is 10.2. The fraction of sp³-hybridized carbons (Fsp3) is 0.929. The van der Waals surface area contributed by atoms with Gasteiger partial charge in [0, 0.05) is 19.0 Å². The first-order chi connectivity index (χ1) is 8.13. The normalized spacial score (nSPS) is 14.4. The number of carbonyl (C=O) groups is 1. The molecule has 3 heteroatoms. The van der Waals surface area contributed by atoms with Crippen molar-refractivity contribution < 1.29 is 4.79 Å². The second-order valence-corrected chi connectivity index (χ2v) is 4.88. The van der Waals surface area contributed by atoms with Crippen LogP contribution in [-0.4, -0.2) is 25.0 Å². The van der Waals surface area contributed by atoms with Gasteiger partial charge >= 0.3 is 0 Å². The van der Waals surface area contributed by atoms with Gasteiger partial charge in [0.05, 0.1) is 0 Å². The molecule has 0 aliphatic carbocycles. The van der Waals surface area contributed by atoms with Crippen molar-refractivity contribution in [2.75, 3.05) is 13.1 Å². The van der Waals surface area contributed by atoms with Crippen molar-refractivity contribution in [3.8, 4) is 0 Å². The minimum absolute atomic E-state index is 0.206. The summed E-state index contributed by atoms with van der Waals surface area (Å²) in [4.78, 5) is 11.7. The van der Waals surface area contributed by atoms with E-state index in [4.69, 9.17) is 0 Å². The summed E-state index contributed by atoms with van der Waals surface area (Å²) in [7, 11) is 0. The van der Waals surface area contributed by atoms with Crippen LogP contribution in [-0.2, 0) is 4.79 Å². The van der Waals surface area contributed by atoms with E-state index in [1.54, 1.807) is 0 Å². The highest BCUT2D eigenvalue weighted by Crippen LogP contribution is 2.16. The van der Waals surface area contributed by atoms with E-state index in [9.17, 15) is 4.79 Å². The Hall–Kier alpha value is -0.570. The molecule has 3 nitrogen and oxygen atoms in total. The van der Waals surface area contributed by atoms with Crippen LogP contribution in [0.5, 0.6) is 0 Å². The highest BCUT2D eigenvalue weighted by molar-refractivity contribution is 5.76. The third-order valence-corrected chi connectivity index (χ3v) is 3.18. The molecule has 0 aromatic carbocycles. The third kappa shape index (κ3) is 9.16. The van der Waals surface area contributed by atoms with E-state index in [1.807, 2.05) is 0 Å². The van der Waals surface area contributed by atoms with Crippen LogP contribution in [0.2, 0.25) is 0 Å². The fourth-order valence-corrected chi connectivity index (χ4v) is 1.97. The number of hydrogen-bond acceptors (Lipinski definition) is 2. The monoisotopic (exact) mass is 242 g/mol. The first-order valence-electron chi connectivity index (χ1n) is 7.14. The molecule has 0 spiro atoms. The first kappa shape index (κ1) is 16.4. The van der Waals surface area contributed by atoms with Gasteiger partial charge in [-0.2, -0.15) is 0 Å². The number of likely N-dealkylation sites (N-methyl/N-ethyl adjacent to an activating group) is 1. The number of hydrogen-bond donors (Lipinski definition) is 2. The van der Waals surface area contributed by atoms with Crippen molar-refractivity contribution in [3.63, 3.8) is 0 Å². The van der Waals surface area contributed by atoms with Crippen LogP contribution in [0.15, 0.2) is 0 Å². The zero-order chi connectivity index (χ0) is 13.1. The van der Waals surface area contributed by atoms with Gasteiger partial charge in [0.1, 0.15) is 0 Å². The maximum absolute atomic E-state index is 11.7. The minimum Gasteiger partial charge on any atom is -0.355 e. The van der Waals surface area contributed by atoms with Crippen molar-refractivity contribution >= 4 is 5.91 Å². The highest BCUT2D eigenvalue weighted by Gasteiger charge is 2.12. The molecule has 0 bridgehead atoms. The van der Waals surface area contributed by atoms with Crippen LogP contribution in [0.3, 0.4) is 0 Å². The van der Waals surface area contributed by atoms with Crippen molar-refractivity contribution in [2.45, 2.75) is 65.8 Å². The Labute approximate surface area is 107 Å². The van der Waals surface area contributed by atoms with Gasteiger partial charge in [-0.05, 0) is 25.8 Å². The lowest BCUT2D eigenvalue weighted by Gasteiger charge is -2.16. The lowest BCUT2D eigenvalue weighted by molar-refractivity contribution is -0.122. The molecule has 1 unspecified atom stereocenters. The molecule has 0 heterocycles. The summed E-state index contributed by atoms with van der Waals surface area (Å²) in [5, 5.41) is 6.29. The van der Waals surface area contributed by atoms with Crippen molar-refractivity contribution in [1.29, 1.82) is 0 Å². The summed E-state index contributed by atoms with van der Waals surface area (Å²) in [6.07, 6.45) is 5.43. The summed E-state index contributed by atoms with van der Waals surface area (Å²) in [6.45, 7) is 10.2. The van der Waals surface area contributed by atoms with Crippen LogP contribution in [0.1, 0.15) is 59.8 Å². The molecular weight excluding hydrogens is 212 g/mol. The lowest BCUT2D eigenvalue weighted by atomic mass is 9.95. The van der Waals surface area contributed by atoms with E-state index in [0.29, 0.717) is 18.4 Å². The van der Waals surface area contributed by atoms with Crippen LogP contribution in [0.4, 0.5) is 0 Å². The maximum Gasteiger partial charge on any atom is 0.220 e. The van der Waals surface area contributed by atoms with Crippen LogP contribution in [0, 0.1) is 5.92 Å². The molecule has 0 fully saturated rings. The maximum atomic E-state index is 11.7. The predicted octanol–water partition coefficient (Wildman–Crippen LogP) is 2.71. The van der Waals surface area contributed by atoms with E-state index < -0.39 is 0 Å². The SMILES string of the molecule is CCCCC(CC)CC(=O)NC[C@@H](C)NCC. The fourth-order valence-electron chi connectivity index (χ4n) is 1.97. The lowest BCUT2D eigenvalue weighted by Crippen LogP contribution is -2.39. The Morgan fingerprint density at radius 1 is 1.24 bits per heavy atom. The molecule has 0 saturated heterocycles. The van der Waals surface area contributed by atoms with Crippen LogP contribution in [0.25, 0.3) is 0 Å². The summed E-state index contributed by atoms with van der Waals surface area (Å²) in [5.74, 6) is 0.766.